The molecule has 0 aliphatic carbocycles. The molecule has 1 N–H and O–H groups in total. The third-order valence-electron chi connectivity index (χ3n) is 0. The number of hydrogen-bond acceptors (Lipinski definition) is 1. The summed E-state index contributed by atoms with van der Waals surface area (Å²) in [6, 6.07) is 0. The summed E-state index contributed by atoms with van der Waals surface area (Å²) in [7, 11) is 0. The molecule has 0 heterocycles. The second-order valence-corrected chi connectivity index (χ2v) is 0.105. The van der Waals surface area contributed by atoms with E-state index in [1.165, 1.54) is 0 Å². The van der Waals surface area contributed by atoms with Gasteiger partial charge in [-0.2, -0.15) is 0 Å². The molecule has 0 unspecified atom stereocenters. The molecule has 0 amide bonds. The molecular weight excluding hydrogens is 68.0 g/mol. The third kappa shape index (κ3) is 26.7. The van der Waals surface area contributed by atoms with Crippen LogP contribution in [0.5, 0.6) is 0 Å². The molecule has 0 spiro atoms. The molecule has 32 valence electrons. The lowest BCUT2D eigenvalue weighted by Crippen LogP contribution is -1.49. The third-order valence-corrected chi connectivity index (χ3v) is 0. The Kier molecular flexibility index (Phi) is 85.7. The van der Waals surface area contributed by atoms with E-state index in [0.717, 1.165) is 0 Å². The molecule has 0 fully saturated rings. The SMILES string of the molecule is O=CO.[2H]CC. The maximum atomic E-state index is 8.36. The standard InChI is InChI=1S/C2H6.CH2O2/c1-2;2-1-3/h1-2H3;1H,(H,2,3)/i1D;. The highest BCUT2D eigenvalue weighted by molar-refractivity contribution is 5.32. The summed E-state index contributed by atoms with van der Waals surface area (Å²) in [6.45, 7) is 2.04. The van der Waals surface area contributed by atoms with Gasteiger partial charge in [0, 0.05) is 1.37 Å². The second-order valence-electron chi connectivity index (χ2n) is 0.105. The Morgan fingerprint density at radius 1 is 2.20 bits per heavy atom. The van der Waals surface area contributed by atoms with Gasteiger partial charge in [-0.1, -0.05) is 13.8 Å². The van der Waals surface area contributed by atoms with E-state index in [2.05, 4.69) is 0 Å². The van der Waals surface area contributed by atoms with E-state index in [4.69, 9.17) is 11.3 Å². The van der Waals surface area contributed by atoms with Crippen molar-refractivity contribution in [3.8, 4) is 0 Å². The largest absolute Gasteiger partial charge is 0.483 e. The molecule has 0 atom stereocenters. The van der Waals surface area contributed by atoms with E-state index in [-0.39, 0.29) is 6.47 Å². The summed E-state index contributed by atoms with van der Waals surface area (Å²) < 4.78 is 6.21. The topological polar surface area (TPSA) is 37.3 Å². The highest BCUT2D eigenvalue weighted by atomic mass is 16.3. The monoisotopic (exact) mass is 77.1 g/mol. The summed E-state index contributed by atoms with van der Waals surface area (Å²) in [6.07, 6.45) is 0. The summed E-state index contributed by atoms with van der Waals surface area (Å²) in [4.78, 5) is 8.36. The molecule has 0 saturated heterocycles. The minimum Gasteiger partial charge on any atom is -0.483 e. The van der Waals surface area contributed by atoms with Crippen LogP contribution in [0.4, 0.5) is 0 Å². The van der Waals surface area contributed by atoms with Crippen molar-refractivity contribution in [3.05, 3.63) is 0 Å². The van der Waals surface area contributed by atoms with Crippen molar-refractivity contribution < 1.29 is 11.3 Å². The van der Waals surface area contributed by atoms with Gasteiger partial charge in [0.2, 0.25) is 0 Å². The summed E-state index contributed by atoms with van der Waals surface area (Å²) in [5.74, 6) is 0. The predicted molar refractivity (Wildman–Crippen MR) is 20.0 cm³/mol. The molecule has 2 nitrogen and oxygen atoms in total. The van der Waals surface area contributed by atoms with Crippen molar-refractivity contribution in [3.63, 3.8) is 0 Å². The Bertz CT molecular complexity index is 22.8. The van der Waals surface area contributed by atoms with E-state index in [1.807, 2.05) is 0 Å². The van der Waals surface area contributed by atoms with Gasteiger partial charge in [-0.3, -0.25) is 4.79 Å². The van der Waals surface area contributed by atoms with Crippen molar-refractivity contribution in [1.82, 2.24) is 0 Å². The van der Waals surface area contributed by atoms with Gasteiger partial charge in [-0.25, -0.2) is 0 Å². The van der Waals surface area contributed by atoms with Crippen molar-refractivity contribution in [2.24, 2.45) is 0 Å². The van der Waals surface area contributed by atoms with Gasteiger partial charge in [0.05, 0.1) is 0 Å². The van der Waals surface area contributed by atoms with Gasteiger partial charge in [0.15, 0.2) is 0 Å². The molecule has 0 aromatic carbocycles. The average molecular weight is 77.1 g/mol. The highest BCUT2D eigenvalue weighted by Gasteiger charge is 1.22. The van der Waals surface area contributed by atoms with E-state index in [1.54, 1.807) is 6.92 Å². The fraction of sp³-hybridized carbons (Fsp3) is 0.667. The lowest BCUT2D eigenvalue weighted by molar-refractivity contribution is -0.122. The maximum absolute atomic E-state index is 8.36. The molecule has 0 aromatic heterocycles. The van der Waals surface area contributed by atoms with Gasteiger partial charge in [0.25, 0.3) is 6.47 Å². The lowest BCUT2D eigenvalue weighted by atomic mass is 11.0. The van der Waals surface area contributed by atoms with E-state index in [0.29, 0.717) is 6.90 Å². The van der Waals surface area contributed by atoms with E-state index >= 15 is 0 Å². The van der Waals surface area contributed by atoms with Crippen LogP contribution in [0.2, 0.25) is 0 Å². The minimum absolute atomic E-state index is 0.250. The molecule has 5 heavy (non-hydrogen) atoms. The Hall–Kier alpha value is -0.530. The van der Waals surface area contributed by atoms with Gasteiger partial charge >= 0.3 is 0 Å². The highest BCUT2D eigenvalue weighted by Crippen LogP contribution is 1.14. The zero-order valence-electron chi connectivity index (χ0n) is 4.14. The Balaban J connectivity index is 0. The van der Waals surface area contributed by atoms with Crippen LogP contribution in [-0.4, -0.2) is 11.6 Å². The number of rotatable bonds is 0. The molecule has 0 aliphatic heterocycles. The normalized spacial score (nSPS) is 6.20. The van der Waals surface area contributed by atoms with Crippen LogP contribution in [0.1, 0.15) is 15.2 Å². The van der Waals surface area contributed by atoms with Crippen LogP contribution in [-0.2, 0) is 4.79 Å². The van der Waals surface area contributed by atoms with Crippen LogP contribution in [0, 0.1) is 0 Å². The summed E-state index contributed by atoms with van der Waals surface area (Å²) >= 11 is 0. The van der Waals surface area contributed by atoms with Gasteiger partial charge in [0.1, 0.15) is 0 Å². The van der Waals surface area contributed by atoms with Gasteiger partial charge in [-0.15, -0.1) is 0 Å². The zero-order chi connectivity index (χ0) is 5.41. The van der Waals surface area contributed by atoms with Crippen molar-refractivity contribution in [2.75, 3.05) is 0 Å². The van der Waals surface area contributed by atoms with Crippen molar-refractivity contribution in [1.29, 1.82) is 0 Å². The number of carbonyl (C=O) groups is 1. The van der Waals surface area contributed by atoms with Gasteiger partial charge < -0.3 is 5.11 Å². The van der Waals surface area contributed by atoms with Crippen LogP contribution in [0.25, 0.3) is 0 Å². The first-order chi connectivity index (χ1) is 2.83. The van der Waals surface area contributed by atoms with Crippen LogP contribution >= 0.6 is 0 Å². The first-order valence-electron chi connectivity index (χ1n) is 1.91. The average Bonchev–Trinajstić information content (AvgIpc) is 1.39. The van der Waals surface area contributed by atoms with Crippen LogP contribution in [0.15, 0.2) is 0 Å². The molecule has 0 aromatic rings. The van der Waals surface area contributed by atoms with Crippen molar-refractivity contribution >= 4 is 6.47 Å². The van der Waals surface area contributed by atoms with Crippen LogP contribution < -0.4 is 0 Å². The summed E-state index contributed by atoms with van der Waals surface area (Å²) in [5, 5.41) is 6.89. The van der Waals surface area contributed by atoms with E-state index in [9.17, 15) is 0 Å². The Labute approximate surface area is 32.8 Å². The molecule has 0 radical (unpaired) electrons. The lowest BCUT2D eigenvalue weighted by Gasteiger charge is -1.34. The maximum Gasteiger partial charge on any atom is 0.290 e. The molecule has 0 saturated carbocycles. The zero-order valence-corrected chi connectivity index (χ0v) is 3.14. The van der Waals surface area contributed by atoms with E-state index < -0.39 is 0 Å². The fourth-order valence-corrected chi connectivity index (χ4v) is 0. The molecule has 0 aliphatic rings. The number of hydrogen-bond donors (Lipinski definition) is 1. The fourth-order valence-electron chi connectivity index (χ4n) is 0. The smallest absolute Gasteiger partial charge is 0.290 e. The minimum atomic E-state index is -0.250. The summed E-state index contributed by atoms with van der Waals surface area (Å²) in [5.41, 5.74) is 0. The predicted octanol–water partition coefficient (Wildman–Crippen LogP) is 0.727. The van der Waals surface area contributed by atoms with Gasteiger partial charge in [-0.05, 0) is 0 Å². The molecule has 0 bridgehead atoms. The Morgan fingerprint density at radius 3 is 2.20 bits per heavy atom. The molecular formula is C3H8O2. The second kappa shape index (κ2) is 95.8. The van der Waals surface area contributed by atoms with Crippen molar-refractivity contribution in [2.45, 2.75) is 13.8 Å². The van der Waals surface area contributed by atoms with Crippen LogP contribution in [0.3, 0.4) is 0 Å². The number of carboxylic acid groups (broad SMARTS) is 1. The first-order valence-corrected chi connectivity index (χ1v) is 1.20. The quantitative estimate of drug-likeness (QED) is 0.433. The molecule has 0 rings (SSSR count). The molecule has 2 heteroatoms. The Morgan fingerprint density at radius 2 is 2.20 bits per heavy atom. The first kappa shape index (κ1) is 4.47.